The Bertz CT molecular complexity index is 3880. The van der Waals surface area contributed by atoms with Crippen molar-refractivity contribution in [2.75, 3.05) is 0 Å². The van der Waals surface area contributed by atoms with E-state index in [0.717, 1.165) is 60.5 Å². The third-order valence-electron chi connectivity index (χ3n) is 14.0. The molecule has 2 aromatic heterocycles. The fourth-order valence-electron chi connectivity index (χ4n) is 11.3. The van der Waals surface area contributed by atoms with Crippen LogP contribution in [-0.2, 0) is 5.41 Å². The third kappa shape index (κ3) is 5.18. The number of hydrogen-bond acceptors (Lipinski definition) is 4. The summed E-state index contributed by atoms with van der Waals surface area (Å²) in [6.45, 7) is 0. The molecule has 1 spiro atoms. The fourth-order valence-corrected chi connectivity index (χ4v) is 11.3. The van der Waals surface area contributed by atoms with Gasteiger partial charge in [-0.1, -0.05) is 206 Å². The third-order valence-corrected chi connectivity index (χ3v) is 14.0. The molecule has 0 unspecified atom stereocenters. The number of hydrogen-bond donors (Lipinski definition) is 0. The molecule has 0 bridgehead atoms. The van der Waals surface area contributed by atoms with Crippen molar-refractivity contribution >= 4 is 32.7 Å². The van der Waals surface area contributed by atoms with Crippen molar-refractivity contribution in [1.29, 1.82) is 0 Å². The minimum Gasteiger partial charge on any atom is -0.456 e. The number of aromatic nitrogens is 3. The second kappa shape index (κ2) is 14.1. The Hall–Kier alpha value is -8.73. The Morgan fingerprint density at radius 2 is 0.712 bits per heavy atom. The smallest absolute Gasteiger partial charge is 0.164 e. The summed E-state index contributed by atoms with van der Waals surface area (Å²) in [6.07, 6.45) is 0. The van der Waals surface area contributed by atoms with Gasteiger partial charge in [-0.2, -0.15) is 0 Å². The summed E-state index contributed by atoms with van der Waals surface area (Å²) in [6, 6.07) is 80.4. The Kier molecular flexibility index (Phi) is 7.87. The maximum absolute atomic E-state index is 6.23. The Morgan fingerprint density at radius 3 is 1.39 bits per heavy atom. The van der Waals surface area contributed by atoms with Crippen LogP contribution in [0.4, 0.5) is 0 Å². The first-order chi connectivity index (χ1) is 32.7. The lowest BCUT2D eigenvalue weighted by Crippen LogP contribution is -2.26. The molecule has 0 atom stereocenters. The van der Waals surface area contributed by atoms with Gasteiger partial charge in [-0.05, 0) is 95.7 Å². The highest BCUT2D eigenvalue weighted by Crippen LogP contribution is 2.64. The highest BCUT2D eigenvalue weighted by atomic mass is 16.3. The summed E-state index contributed by atoms with van der Waals surface area (Å²) in [5.74, 6) is 1.87. The molecule has 12 aromatic rings. The average Bonchev–Trinajstić information content (AvgIpc) is 4.03. The van der Waals surface area contributed by atoms with Gasteiger partial charge in [0.2, 0.25) is 0 Å². The minimum atomic E-state index is -0.475. The van der Waals surface area contributed by atoms with Crippen molar-refractivity contribution in [2.45, 2.75) is 5.41 Å². The summed E-state index contributed by atoms with van der Waals surface area (Å²) < 4.78 is 6.23. The van der Waals surface area contributed by atoms with Crippen LogP contribution in [0.2, 0.25) is 0 Å². The molecule has 0 aliphatic heterocycles. The lowest BCUT2D eigenvalue weighted by molar-refractivity contribution is 0.669. The predicted octanol–water partition coefficient (Wildman–Crippen LogP) is 15.6. The van der Waals surface area contributed by atoms with Crippen molar-refractivity contribution in [2.24, 2.45) is 0 Å². The monoisotopic (exact) mass is 839 g/mol. The minimum absolute atomic E-state index is 0.475. The van der Waals surface area contributed by atoms with E-state index in [1.54, 1.807) is 0 Å². The molecule has 66 heavy (non-hydrogen) atoms. The van der Waals surface area contributed by atoms with Gasteiger partial charge in [0.05, 0.1) is 5.41 Å². The van der Waals surface area contributed by atoms with E-state index in [1.165, 1.54) is 55.6 Å². The molecule has 14 rings (SSSR count). The summed E-state index contributed by atoms with van der Waals surface area (Å²) in [4.78, 5) is 15.7. The molecule has 2 aliphatic rings. The standard InChI is InChI=1S/C62H37N3O/c1-2-16-39(17-3-1)59-63-60(40-34-32-38(33-35-40)41-24-15-31-56-57(41)51-23-9-13-30-55(51)66-56)65-61(64-59)50-37-36-44(42-18-4-5-19-43(42)50)48-25-14-26-49-47-22-8-12-29-54(47)62(58(48)49)52-27-10-6-20-45(52)46-21-7-11-28-53(46)62/h1-37H. The second-order valence-corrected chi connectivity index (χ2v) is 17.3. The van der Waals surface area contributed by atoms with E-state index in [2.05, 4.69) is 188 Å². The van der Waals surface area contributed by atoms with Crippen LogP contribution < -0.4 is 0 Å². The van der Waals surface area contributed by atoms with E-state index in [0.29, 0.717) is 17.5 Å². The largest absolute Gasteiger partial charge is 0.456 e. The van der Waals surface area contributed by atoms with Gasteiger partial charge >= 0.3 is 0 Å². The molecule has 0 saturated heterocycles. The van der Waals surface area contributed by atoms with Crippen LogP contribution in [0.5, 0.6) is 0 Å². The SMILES string of the molecule is c1ccc(-c2nc(-c3ccc(-c4cccc5oc6ccccc6c45)cc3)nc(-c3ccc(-c4cccc5c4C4(c6ccccc6-c6ccccc64)c4ccccc4-5)c4ccccc34)n2)cc1. The first-order valence-corrected chi connectivity index (χ1v) is 22.5. The Labute approximate surface area is 381 Å². The molecule has 306 valence electrons. The molecule has 10 aromatic carbocycles. The van der Waals surface area contributed by atoms with Gasteiger partial charge in [-0.25, -0.2) is 15.0 Å². The Balaban J connectivity index is 0.945. The maximum atomic E-state index is 6.23. The van der Waals surface area contributed by atoms with Crippen molar-refractivity contribution in [3.8, 4) is 78.7 Å². The van der Waals surface area contributed by atoms with Crippen LogP contribution in [0.1, 0.15) is 22.3 Å². The van der Waals surface area contributed by atoms with E-state index in [-0.39, 0.29) is 0 Å². The van der Waals surface area contributed by atoms with Crippen LogP contribution >= 0.6 is 0 Å². The molecular formula is C62H37N3O. The van der Waals surface area contributed by atoms with Crippen LogP contribution in [-0.4, -0.2) is 15.0 Å². The van der Waals surface area contributed by atoms with Gasteiger partial charge in [0.15, 0.2) is 17.5 Å². The van der Waals surface area contributed by atoms with Crippen LogP contribution in [0.15, 0.2) is 229 Å². The highest BCUT2D eigenvalue weighted by molar-refractivity contribution is 6.12. The van der Waals surface area contributed by atoms with Gasteiger partial charge in [0, 0.05) is 27.5 Å². The number of rotatable bonds is 5. The number of fused-ring (bicyclic) bond motifs is 14. The second-order valence-electron chi connectivity index (χ2n) is 17.3. The first-order valence-electron chi connectivity index (χ1n) is 22.5. The molecular weight excluding hydrogens is 803 g/mol. The van der Waals surface area contributed by atoms with Gasteiger partial charge in [0.25, 0.3) is 0 Å². The molecule has 2 aliphatic carbocycles. The molecule has 4 heteroatoms. The maximum Gasteiger partial charge on any atom is 0.164 e. The number of para-hydroxylation sites is 1. The topological polar surface area (TPSA) is 51.8 Å². The molecule has 4 nitrogen and oxygen atoms in total. The van der Waals surface area contributed by atoms with Crippen molar-refractivity contribution < 1.29 is 4.42 Å². The van der Waals surface area contributed by atoms with Crippen molar-refractivity contribution in [3.05, 3.63) is 247 Å². The van der Waals surface area contributed by atoms with Crippen molar-refractivity contribution in [3.63, 3.8) is 0 Å². The van der Waals surface area contributed by atoms with E-state index < -0.39 is 5.41 Å². The molecule has 0 saturated carbocycles. The Morgan fingerprint density at radius 1 is 0.273 bits per heavy atom. The van der Waals surface area contributed by atoms with Gasteiger partial charge in [-0.3, -0.25) is 0 Å². The van der Waals surface area contributed by atoms with Crippen molar-refractivity contribution in [1.82, 2.24) is 15.0 Å². The van der Waals surface area contributed by atoms with Gasteiger partial charge in [0.1, 0.15) is 11.2 Å². The summed E-state index contributed by atoms with van der Waals surface area (Å²) in [5, 5.41) is 4.44. The zero-order chi connectivity index (χ0) is 43.3. The zero-order valence-electron chi connectivity index (χ0n) is 35.6. The summed E-state index contributed by atoms with van der Waals surface area (Å²) in [7, 11) is 0. The summed E-state index contributed by atoms with van der Waals surface area (Å²) >= 11 is 0. The van der Waals surface area contributed by atoms with E-state index >= 15 is 0 Å². The fraction of sp³-hybridized carbons (Fsp3) is 0.0161. The molecule has 0 amide bonds. The number of benzene rings is 10. The van der Waals surface area contributed by atoms with Crippen LogP contribution in [0, 0.1) is 0 Å². The lowest BCUT2D eigenvalue weighted by atomic mass is 9.68. The average molecular weight is 840 g/mol. The molecule has 2 heterocycles. The quantitative estimate of drug-likeness (QED) is 0.173. The lowest BCUT2D eigenvalue weighted by Gasteiger charge is -2.32. The number of nitrogens with zero attached hydrogens (tertiary/aromatic N) is 3. The molecule has 0 fully saturated rings. The molecule has 0 N–H and O–H groups in total. The van der Waals surface area contributed by atoms with E-state index in [1.807, 2.05) is 36.4 Å². The van der Waals surface area contributed by atoms with Crippen LogP contribution in [0.25, 0.3) is 111 Å². The summed E-state index contributed by atoms with van der Waals surface area (Å²) in [5.41, 5.74) is 19.2. The predicted molar refractivity (Wildman–Crippen MR) is 268 cm³/mol. The first kappa shape index (κ1) is 36.7. The molecule has 0 radical (unpaired) electrons. The van der Waals surface area contributed by atoms with E-state index in [4.69, 9.17) is 19.4 Å². The number of furan rings is 1. The normalized spacial score (nSPS) is 13.0. The van der Waals surface area contributed by atoms with Gasteiger partial charge in [-0.15, -0.1) is 0 Å². The highest BCUT2D eigenvalue weighted by Gasteiger charge is 2.52. The zero-order valence-corrected chi connectivity index (χ0v) is 35.6. The van der Waals surface area contributed by atoms with E-state index in [9.17, 15) is 0 Å². The van der Waals surface area contributed by atoms with Crippen LogP contribution in [0.3, 0.4) is 0 Å². The van der Waals surface area contributed by atoms with Gasteiger partial charge < -0.3 is 4.42 Å².